The molecule has 4 rings (SSSR count). The molecule has 2 saturated heterocycles. The zero-order valence-corrected chi connectivity index (χ0v) is 14.0. The van der Waals surface area contributed by atoms with Crippen LogP contribution in [0.5, 0.6) is 0 Å². The van der Waals surface area contributed by atoms with Gasteiger partial charge in [0.25, 0.3) is 0 Å². The monoisotopic (exact) mass is 329 g/mol. The van der Waals surface area contributed by atoms with E-state index in [1.54, 1.807) is 0 Å². The van der Waals surface area contributed by atoms with E-state index in [2.05, 4.69) is 31.0 Å². The molecule has 0 unspecified atom stereocenters. The summed E-state index contributed by atoms with van der Waals surface area (Å²) in [6, 6.07) is 4.73. The van der Waals surface area contributed by atoms with Crippen LogP contribution in [0.25, 0.3) is 0 Å². The molecule has 2 aliphatic heterocycles. The van der Waals surface area contributed by atoms with E-state index < -0.39 is 0 Å². The highest BCUT2D eigenvalue weighted by Gasteiger charge is 2.41. The zero-order valence-electron chi connectivity index (χ0n) is 14.0. The average molecular weight is 329 g/mol. The summed E-state index contributed by atoms with van der Waals surface area (Å²) >= 11 is 0. The van der Waals surface area contributed by atoms with Crippen LogP contribution in [0.3, 0.4) is 0 Å². The fourth-order valence-corrected chi connectivity index (χ4v) is 3.73. The van der Waals surface area contributed by atoms with Crippen molar-refractivity contribution < 1.29 is 9.15 Å². The van der Waals surface area contributed by atoms with Crippen LogP contribution in [-0.2, 0) is 11.3 Å². The number of hydrogen-bond donors (Lipinski definition) is 0. The Hall–Kier alpha value is -1.99. The van der Waals surface area contributed by atoms with Crippen molar-refractivity contribution in [2.75, 3.05) is 37.7 Å². The largest absolute Gasteiger partial charge is 0.408 e. The maximum atomic E-state index is 6.24. The van der Waals surface area contributed by atoms with Crippen molar-refractivity contribution in [1.82, 2.24) is 20.1 Å². The Morgan fingerprint density at radius 2 is 2.21 bits per heavy atom. The van der Waals surface area contributed by atoms with Gasteiger partial charge in [0.05, 0.1) is 18.8 Å². The van der Waals surface area contributed by atoms with Crippen LogP contribution < -0.4 is 4.90 Å². The highest BCUT2D eigenvalue weighted by molar-refractivity contribution is 5.27. The van der Waals surface area contributed by atoms with Crippen LogP contribution in [0.2, 0.25) is 0 Å². The molecule has 2 aromatic rings. The number of ether oxygens (including phenoxy) is 1. The molecule has 1 spiro atoms. The highest BCUT2D eigenvalue weighted by atomic mass is 16.5. The Labute approximate surface area is 141 Å². The third kappa shape index (κ3) is 3.27. The molecule has 2 fully saturated rings. The van der Waals surface area contributed by atoms with Crippen molar-refractivity contribution in [3.8, 4) is 0 Å². The van der Waals surface area contributed by atoms with Gasteiger partial charge in [0.1, 0.15) is 0 Å². The molecule has 7 nitrogen and oxygen atoms in total. The van der Waals surface area contributed by atoms with Crippen molar-refractivity contribution in [2.24, 2.45) is 0 Å². The standard InChI is InChI=1S/C17H23N5O2/c1-14-19-20-16(24-14)22-7-3-5-17(13-22)12-21(8-9-23-17)11-15-4-2-6-18-10-15/h2,4,6,10H,3,5,7-9,11-13H2,1H3/t17-/m0/s1. The van der Waals surface area contributed by atoms with E-state index in [4.69, 9.17) is 9.15 Å². The quantitative estimate of drug-likeness (QED) is 0.848. The fraction of sp³-hybridized carbons (Fsp3) is 0.588. The first-order chi connectivity index (χ1) is 11.7. The third-order valence-corrected chi connectivity index (χ3v) is 4.78. The number of aromatic nitrogens is 3. The molecule has 2 aromatic heterocycles. The molecule has 24 heavy (non-hydrogen) atoms. The van der Waals surface area contributed by atoms with E-state index in [-0.39, 0.29) is 5.60 Å². The van der Waals surface area contributed by atoms with E-state index in [0.717, 1.165) is 52.2 Å². The van der Waals surface area contributed by atoms with Gasteiger partial charge in [0, 0.05) is 45.5 Å². The molecule has 0 aromatic carbocycles. The average Bonchev–Trinajstić information content (AvgIpc) is 3.03. The van der Waals surface area contributed by atoms with Gasteiger partial charge in [0.15, 0.2) is 0 Å². The van der Waals surface area contributed by atoms with Gasteiger partial charge in [-0.1, -0.05) is 11.2 Å². The topological polar surface area (TPSA) is 67.5 Å². The van der Waals surface area contributed by atoms with Gasteiger partial charge < -0.3 is 14.1 Å². The Morgan fingerprint density at radius 1 is 1.25 bits per heavy atom. The maximum Gasteiger partial charge on any atom is 0.318 e. The van der Waals surface area contributed by atoms with Crippen molar-refractivity contribution >= 4 is 6.01 Å². The first-order valence-electron chi connectivity index (χ1n) is 8.53. The lowest BCUT2D eigenvalue weighted by atomic mass is 9.90. The lowest BCUT2D eigenvalue weighted by molar-refractivity contribution is -0.116. The lowest BCUT2D eigenvalue weighted by Crippen LogP contribution is -2.59. The molecule has 0 amide bonds. The van der Waals surface area contributed by atoms with E-state index in [1.807, 2.05) is 25.4 Å². The number of hydrogen-bond acceptors (Lipinski definition) is 7. The van der Waals surface area contributed by atoms with Gasteiger partial charge in [-0.2, -0.15) is 0 Å². The summed E-state index contributed by atoms with van der Waals surface area (Å²) in [5, 5.41) is 8.12. The highest BCUT2D eigenvalue weighted by Crippen LogP contribution is 2.31. The van der Waals surface area contributed by atoms with Crippen LogP contribution in [0, 0.1) is 6.92 Å². The fourth-order valence-electron chi connectivity index (χ4n) is 3.73. The second-order valence-electron chi connectivity index (χ2n) is 6.73. The molecule has 128 valence electrons. The second-order valence-corrected chi connectivity index (χ2v) is 6.73. The maximum absolute atomic E-state index is 6.24. The summed E-state index contributed by atoms with van der Waals surface area (Å²) in [5.74, 6) is 0.604. The van der Waals surface area contributed by atoms with E-state index in [9.17, 15) is 0 Å². The zero-order chi connectivity index (χ0) is 16.4. The number of aryl methyl sites for hydroxylation is 1. The number of piperidine rings is 1. The smallest absolute Gasteiger partial charge is 0.318 e. The Bertz CT molecular complexity index is 673. The van der Waals surface area contributed by atoms with Gasteiger partial charge >= 0.3 is 6.01 Å². The Morgan fingerprint density at radius 3 is 3.00 bits per heavy atom. The van der Waals surface area contributed by atoms with Crippen molar-refractivity contribution in [3.63, 3.8) is 0 Å². The third-order valence-electron chi connectivity index (χ3n) is 4.78. The number of anilines is 1. The van der Waals surface area contributed by atoms with Crippen molar-refractivity contribution in [1.29, 1.82) is 0 Å². The van der Waals surface area contributed by atoms with Crippen LogP contribution in [0.1, 0.15) is 24.3 Å². The van der Waals surface area contributed by atoms with E-state index in [1.165, 1.54) is 5.56 Å². The molecule has 7 heteroatoms. The number of morpholine rings is 1. The van der Waals surface area contributed by atoms with Gasteiger partial charge in [-0.25, -0.2) is 0 Å². The normalized spacial score (nSPS) is 25.3. The van der Waals surface area contributed by atoms with Crippen molar-refractivity contribution in [3.05, 3.63) is 36.0 Å². The number of nitrogens with zero attached hydrogens (tertiary/aromatic N) is 5. The summed E-state index contributed by atoms with van der Waals surface area (Å²) in [6.07, 6.45) is 5.90. The minimum atomic E-state index is -0.152. The first-order valence-corrected chi connectivity index (χ1v) is 8.53. The Balaban J connectivity index is 1.45. The minimum Gasteiger partial charge on any atom is -0.408 e. The summed E-state index contributed by atoms with van der Waals surface area (Å²) in [7, 11) is 0. The Kier molecular flexibility index (Phi) is 4.20. The molecule has 1 atom stereocenters. The number of rotatable bonds is 3. The minimum absolute atomic E-state index is 0.152. The lowest BCUT2D eigenvalue weighted by Gasteiger charge is -2.47. The van der Waals surface area contributed by atoms with Gasteiger partial charge in [0.2, 0.25) is 5.89 Å². The molecule has 0 aliphatic carbocycles. The summed E-state index contributed by atoms with van der Waals surface area (Å²) in [6.45, 7) is 7.12. The molecule has 0 saturated carbocycles. The molecule has 0 radical (unpaired) electrons. The van der Waals surface area contributed by atoms with Crippen LogP contribution in [-0.4, -0.2) is 58.5 Å². The number of pyridine rings is 1. The summed E-state index contributed by atoms with van der Waals surface area (Å²) in [5.41, 5.74) is 1.09. The molecular weight excluding hydrogens is 306 g/mol. The van der Waals surface area contributed by atoms with E-state index >= 15 is 0 Å². The molecule has 2 aliphatic rings. The predicted octanol–water partition coefficient (Wildman–Crippen LogP) is 1.64. The van der Waals surface area contributed by atoms with Crippen LogP contribution >= 0.6 is 0 Å². The van der Waals surface area contributed by atoms with Crippen LogP contribution in [0.15, 0.2) is 28.9 Å². The molecule has 4 heterocycles. The summed E-state index contributed by atoms with van der Waals surface area (Å²) in [4.78, 5) is 8.84. The van der Waals surface area contributed by atoms with Crippen LogP contribution in [0.4, 0.5) is 6.01 Å². The SMILES string of the molecule is Cc1nnc(N2CCC[C@]3(CN(Cc4cccnc4)CCO3)C2)o1. The van der Waals surface area contributed by atoms with Gasteiger partial charge in [-0.3, -0.25) is 9.88 Å². The predicted molar refractivity (Wildman–Crippen MR) is 88.7 cm³/mol. The molecule has 0 bridgehead atoms. The summed E-state index contributed by atoms with van der Waals surface area (Å²) < 4.78 is 11.8. The van der Waals surface area contributed by atoms with Gasteiger partial charge in [-0.05, 0) is 24.5 Å². The second kappa shape index (κ2) is 6.49. The van der Waals surface area contributed by atoms with Crippen molar-refractivity contribution in [2.45, 2.75) is 31.9 Å². The van der Waals surface area contributed by atoms with E-state index in [0.29, 0.717) is 11.9 Å². The van der Waals surface area contributed by atoms with Gasteiger partial charge in [-0.15, -0.1) is 5.10 Å². The molecular formula is C17H23N5O2. The molecule has 0 N–H and O–H groups in total. The first kappa shape index (κ1) is 15.5.